The molecular formula is C17H21Cl2N3S. The highest BCUT2D eigenvalue weighted by Crippen LogP contribution is 2.21. The van der Waals surface area contributed by atoms with Gasteiger partial charge in [0.15, 0.2) is 5.16 Å². The number of fused-ring (bicyclic) bond motifs is 1. The molecule has 0 radical (unpaired) electrons. The number of H-pyrrole nitrogens is 1. The van der Waals surface area contributed by atoms with Crippen LogP contribution >= 0.6 is 36.6 Å². The summed E-state index contributed by atoms with van der Waals surface area (Å²) >= 11 is 1.73. The Morgan fingerprint density at radius 2 is 1.78 bits per heavy atom. The van der Waals surface area contributed by atoms with Crippen LogP contribution < -0.4 is 5.73 Å². The van der Waals surface area contributed by atoms with Crippen molar-refractivity contribution in [1.29, 1.82) is 0 Å². The first kappa shape index (κ1) is 19.8. The van der Waals surface area contributed by atoms with Gasteiger partial charge in [-0.05, 0) is 42.6 Å². The van der Waals surface area contributed by atoms with Gasteiger partial charge in [-0.2, -0.15) is 0 Å². The van der Waals surface area contributed by atoms with Gasteiger partial charge < -0.3 is 10.7 Å². The lowest BCUT2D eigenvalue weighted by atomic mass is 10.0. The molecule has 3 rings (SSSR count). The number of imidazole rings is 1. The van der Waals surface area contributed by atoms with E-state index in [0.717, 1.165) is 41.3 Å². The van der Waals surface area contributed by atoms with Crippen molar-refractivity contribution in [2.75, 3.05) is 12.3 Å². The molecule has 124 valence electrons. The minimum atomic E-state index is 0. The highest BCUT2D eigenvalue weighted by atomic mass is 35.5. The minimum Gasteiger partial charge on any atom is -0.333 e. The largest absolute Gasteiger partial charge is 0.333 e. The number of aromatic nitrogens is 2. The second-order valence-electron chi connectivity index (χ2n) is 5.05. The van der Waals surface area contributed by atoms with Crippen LogP contribution in [0.2, 0.25) is 0 Å². The van der Waals surface area contributed by atoms with Crippen LogP contribution in [-0.4, -0.2) is 22.3 Å². The van der Waals surface area contributed by atoms with Gasteiger partial charge in [0.1, 0.15) is 0 Å². The topological polar surface area (TPSA) is 54.7 Å². The molecule has 3 aromatic rings. The summed E-state index contributed by atoms with van der Waals surface area (Å²) in [5.74, 6) is 1.01. The zero-order valence-corrected chi connectivity index (χ0v) is 15.1. The van der Waals surface area contributed by atoms with E-state index in [-0.39, 0.29) is 24.8 Å². The van der Waals surface area contributed by atoms with Crippen molar-refractivity contribution in [3.8, 4) is 0 Å². The van der Waals surface area contributed by atoms with Gasteiger partial charge in [-0.15, -0.1) is 24.8 Å². The van der Waals surface area contributed by atoms with E-state index in [4.69, 9.17) is 5.73 Å². The van der Waals surface area contributed by atoms with Crippen molar-refractivity contribution in [3.05, 3.63) is 59.7 Å². The van der Waals surface area contributed by atoms with Crippen LogP contribution in [0.5, 0.6) is 0 Å². The van der Waals surface area contributed by atoms with Gasteiger partial charge in [-0.1, -0.05) is 48.2 Å². The number of nitrogens with two attached hydrogens (primary N) is 1. The maximum Gasteiger partial charge on any atom is 0.166 e. The lowest BCUT2D eigenvalue weighted by Gasteiger charge is -2.01. The Kier molecular flexibility index (Phi) is 8.48. The van der Waals surface area contributed by atoms with E-state index in [2.05, 4.69) is 52.4 Å². The van der Waals surface area contributed by atoms with E-state index in [9.17, 15) is 0 Å². The van der Waals surface area contributed by atoms with Crippen LogP contribution in [0, 0.1) is 0 Å². The molecule has 0 aliphatic heterocycles. The first-order valence-electron chi connectivity index (χ1n) is 7.20. The number of nitrogens with one attached hydrogen (secondary N) is 1. The highest BCUT2D eigenvalue weighted by molar-refractivity contribution is 7.99. The Balaban J connectivity index is 0.00000132. The summed E-state index contributed by atoms with van der Waals surface area (Å²) in [5.41, 5.74) is 10.3. The van der Waals surface area contributed by atoms with Crippen LogP contribution in [0.4, 0.5) is 0 Å². The van der Waals surface area contributed by atoms with Crippen molar-refractivity contribution in [2.24, 2.45) is 5.73 Å². The smallest absolute Gasteiger partial charge is 0.166 e. The highest BCUT2D eigenvalue weighted by Gasteiger charge is 2.04. The number of hydrogen-bond donors (Lipinski definition) is 2. The lowest BCUT2D eigenvalue weighted by Crippen LogP contribution is -1.99. The average molecular weight is 370 g/mol. The molecule has 0 atom stereocenters. The Morgan fingerprint density at radius 3 is 2.52 bits per heavy atom. The van der Waals surface area contributed by atoms with E-state index in [1.54, 1.807) is 11.8 Å². The van der Waals surface area contributed by atoms with Crippen LogP contribution in [-0.2, 0) is 6.42 Å². The molecule has 3 N–H and O–H groups in total. The Bertz CT molecular complexity index is 716. The number of benzene rings is 2. The Morgan fingerprint density at radius 1 is 1.00 bits per heavy atom. The maximum atomic E-state index is 5.52. The third-order valence-electron chi connectivity index (χ3n) is 3.36. The summed E-state index contributed by atoms with van der Waals surface area (Å²) in [4.78, 5) is 7.99. The van der Waals surface area contributed by atoms with Crippen LogP contribution in [0.15, 0.2) is 53.7 Å². The van der Waals surface area contributed by atoms with Gasteiger partial charge in [-0.3, -0.25) is 0 Å². The van der Waals surface area contributed by atoms with E-state index in [1.165, 1.54) is 11.1 Å². The summed E-state index contributed by atoms with van der Waals surface area (Å²) in [6.07, 6.45) is 1.96. The molecule has 0 saturated heterocycles. The molecule has 1 heterocycles. The van der Waals surface area contributed by atoms with Crippen molar-refractivity contribution < 1.29 is 0 Å². The van der Waals surface area contributed by atoms with Gasteiger partial charge in [0.05, 0.1) is 11.0 Å². The molecule has 0 bridgehead atoms. The number of rotatable bonds is 6. The van der Waals surface area contributed by atoms with Crippen molar-refractivity contribution in [2.45, 2.75) is 18.0 Å². The Labute approximate surface area is 153 Å². The molecule has 0 aliphatic rings. The van der Waals surface area contributed by atoms with Crippen molar-refractivity contribution in [3.63, 3.8) is 0 Å². The summed E-state index contributed by atoms with van der Waals surface area (Å²) in [7, 11) is 0. The number of nitrogens with zero attached hydrogens (tertiary/aromatic N) is 1. The van der Waals surface area contributed by atoms with Gasteiger partial charge in [0, 0.05) is 5.75 Å². The SMILES string of the molecule is Cl.Cl.NCCCSc1nc2ccc(Cc3ccccc3)cc2[nH]1. The number of thioether (sulfide) groups is 1. The third-order valence-corrected chi connectivity index (χ3v) is 4.32. The number of aromatic amines is 1. The molecule has 0 saturated carbocycles. The average Bonchev–Trinajstić information content (AvgIpc) is 2.90. The van der Waals surface area contributed by atoms with Gasteiger partial charge in [-0.25, -0.2) is 4.98 Å². The summed E-state index contributed by atoms with van der Waals surface area (Å²) < 4.78 is 0. The van der Waals surface area contributed by atoms with Crippen LogP contribution in [0.1, 0.15) is 17.5 Å². The van der Waals surface area contributed by atoms with E-state index >= 15 is 0 Å². The fraction of sp³-hybridized carbons (Fsp3) is 0.235. The molecule has 23 heavy (non-hydrogen) atoms. The summed E-state index contributed by atoms with van der Waals surface area (Å²) in [5, 5.41) is 0.982. The summed E-state index contributed by atoms with van der Waals surface area (Å²) in [6.45, 7) is 0.731. The Hall–Kier alpha value is -1.20. The van der Waals surface area contributed by atoms with E-state index < -0.39 is 0 Å². The second kappa shape index (κ2) is 9.83. The van der Waals surface area contributed by atoms with Crippen molar-refractivity contribution in [1.82, 2.24) is 9.97 Å². The molecule has 0 fully saturated rings. The normalized spacial score (nSPS) is 10.1. The monoisotopic (exact) mass is 369 g/mol. The van der Waals surface area contributed by atoms with E-state index in [1.807, 2.05) is 6.07 Å². The first-order chi connectivity index (χ1) is 10.3. The minimum absolute atomic E-state index is 0. The predicted molar refractivity (Wildman–Crippen MR) is 104 cm³/mol. The number of hydrogen-bond acceptors (Lipinski definition) is 3. The zero-order valence-electron chi connectivity index (χ0n) is 12.7. The van der Waals surface area contributed by atoms with Gasteiger partial charge in [0.2, 0.25) is 0 Å². The molecule has 2 aromatic carbocycles. The van der Waals surface area contributed by atoms with E-state index in [0.29, 0.717) is 0 Å². The number of halogens is 2. The third kappa shape index (κ3) is 5.43. The molecule has 0 spiro atoms. The summed E-state index contributed by atoms with van der Waals surface area (Å²) in [6, 6.07) is 17.0. The van der Waals surface area contributed by atoms with Gasteiger partial charge in [0.25, 0.3) is 0 Å². The lowest BCUT2D eigenvalue weighted by molar-refractivity contribution is 0.938. The predicted octanol–water partition coefficient (Wildman–Crippen LogP) is 4.44. The molecular weight excluding hydrogens is 349 g/mol. The van der Waals surface area contributed by atoms with Gasteiger partial charge >= 0.3 is 0 Å². The quantitative estimate of drug-likeness (QED) is 0.498. The molecule has 0 unspecified atom stereocenters. The fourth-order valence-electron chi connectivity index (χ4n) is 2.30. The molecule has 0 amide bonds. The molecule has 3 nitrogen and oxygen atoms in total. The standard InChI is InChI=1S/C17H19N3S.2ClH/c18-9-4-10-21-17-19-15-8-7-14(12-16(15)20-17)11-13-5-2-1-3-6-13;;/h1-3,5-8,12H,4,9-11,18H2,(H,19,20);2*1H. The molecule has 0 aliphatic carbocycles. The fourth-order valence-corrected chi connectivity index (χ4v) is 3.14. The van der Waals surface area contributed by atoms with Crippen LogP contribution in [0.3, 0.4) is 0 Å². The molecule has 1 aromatic heterocycles. The molecule has 6 heteroatoms. The van der Waals surface area contributed by atoms with Crippen LogP contribution in [0.25, 0.3) is 11.0 Å². The second-order valence-corrected chi connectivity index (χ2v) is 6.13. The van der Waals surface area contributed by atoms with Crippen molar-refractivity contribution >= 4 is 47.6 Å². The first-order valence-corrected chi connectivity index (χ1v) is 8.19. The zero-order chi connectivity index (χ0) is 14.5. The maximum absolute atomic E-state index is 5.52.